The van der Waals surface area contributed by atoms with Gasteiger partial charge in [-0.2, -0.15) is 5.10 Å². The summed E-state index contributed by atoms with van der Waals surface area (Å²) in [6.07, 6.45) is 3.05. The molecule has 0 fully saturated rings. The van der Waals surface area contributed by atoms with Crippen molar-refractivity contribution >= 4 is 41.0 Å². The maximum Gasteiger partial charge on any atom is 0.316 e. The molecule has 0 unspecified atom stereocenters. The lowest BCUT2D eigenvalue weighted by molar-refractivity contribution is -0.111. The van der Waals surface area contributed by atoms with Crippen molar-refractivity contribution < 1.29 is 9.59 Å². The van der Waals surface area contributed by atoms with E-state index < -0.39 is 6.03 Å². The molecule has 1 heterocycles. The molecule has 0 atom stereocenters. The smallest absolute Gasteiger partial charge is 0.316 e. The topological polar surface area (TPSA) is 102 Å². The number of benzene rings is 2. The molecule has 0 bridgehead atoms. The molecular weight excluding hydrogens is 402 g/mol. The highest BCUT2D eigenvalue weighted by atomic mass is 35.5. The number of urea groups is 1. The standard InChI is InChI=1S/C22H22ClN5O2/c1-14-3-5-16(6-4-14)13-28-21(23)19(15(2)27-28)11-12-20(29)25-17-7-9-18(10-8-17)26-22(24)30/h3-12H,13H2,1-2H3,(H,25,29)(H3,24,26,30)/b12-11+. The number of aromatic nitrogens is 2. The van der Waals surface area contributed by atoms with Crippen molar-refractivity contribution in [2.24, 2.45) is 5.73 Å². The van der Waals surface area contributed by atoms with Crippen LogP contribution in [-0.4, -0.2) is 21.7 Å². The highest BCUT2D eigenvalue weighted by Gasteiger charge is 2.12. The number of nitrogens with zero attached hydrogens (tertiary/aromatic N) is 2. The van der Waals surface area contributed by atoms with E-state index in [1.165, 1.54) is 11.6 Å². The van der Waals surface area contributed by atoms with Gasteiger partial charge in [-0.3, -0.25) is 4.79 Å². The first-order valence-electron chi connectivity index (χ1n) is 9.26. The van der Waals surface area contributed by atoms with Crippen molar-refractivity contribution in [2.75, 3.05) is 10.6 Å². The molecule has 2 aromatic carbocycles. The Labute approximate surface area is 179 Å². The minimum Gasteiger partial charge on any atom is -0.351 e. The highest BCUT2D eigenvalue weighted by Crippen LogP contribution is 2.22. The van der Waals surface area contributed by atoms with Crippen LogP contribution in [0.3, 0.4) is 0 Å². The summed E-state index contributed by atoms with van der Waals surface area (Å²) in [4.78, 5) is 23.1. The Balaban J connectivity index is 1.66. The minimum atomic E-state index is -0.648. The Kier molecular flexibility index (Phi) is 6.54. The molecule has 0 saturated heterocycles. The van der Waals surface area contributed by atoms with Gasteiger partial charge in [-0.25, -0.2) is 9.48 Å². The molecule has 0 aliphatic heterocycles. The Hall–Kier alpha value is -3.58. The maximum absolute atomic E-state index is 12.2. The van der Waals surface area contributed by atoms with E-state index in [0.717, 1.165) is 11.3 Å². The molecule has 0 aliphatic carbocycles. The van der Waals surface area contributed by atoms with Crippen molar-refractivity contribution in [1.29, 1.82) is 0 Å². The molecule has 4 N–H and O–H groups in total. The second-order valence-electron chi connectivity index (χ2n) is 6.82. The van der Waals surface area contributed by atoms with Crippen LogP contribution in [0.5, 0.6) is 0 Å². The largest absolute Gasteiger partial charge is 0.351 e. The summed E-state index contributed by atoms with van der Waals surface area (Å²) in [5.74, 6) is -0.313. The molecular formula is C22H22ClN5O2. The number of rotatable bonds is 6. The molecule has 1 aromatic heterocycles. The first-order valence-corrected chi connectivity index (χ1v) is 9.63. The zero-order valence-electron chi connectivity index (χ0n) is 16.6. The third-order valence-corrected chi connectivity index (χ3v) is 4.78. The first-order chi connectivity index (χ1) is 14.3. The Morgan fingerprint density at radius 2 is 1.63 bits per heavy atom. The molecule has 0 saturated carbocycles. The van der Waals surface area contributed by atoms with Crippen molar-refractivity contribution in [3.05, 3.63) is 82.1 Å². The van der Waals surface area contributed by atoms with Gasteiger partial charge < -0.3 is 16.4 Å². The summed E-state index contributed by atoms with van der Waals surface area (Å²) >= 11 is 6.49. The minimum absolute atomic E-state index is 0.313. The lowest BCUT2D eigenvalue weighted by atomic mass is 10.1. The summed E-state index contributed by atoms with van der Waals surface area (Å²) in [5, 5.41) is 10.2. The van der Waals surface area contributed by atoms with Crippen LogP contribution >= 0.6 is 11.6 Å². The summed E-state index contributed by atoms with van der Waals surface area (Å²) in [5.41, 5.74) is 9.90. The monoisotopic (exact) mass is 423 g/mol. The van der Waals surface area contributed by atoms with Gasteiger partial charge in [0.25, 0.3) is 0 Å². The predicted octanol–water partition coefficient (Wildman–Crippen LogP) is 4.34. The number of hydrogen-bond donors (Lipinski definition) is 3. The number of hydrogen-bond acceptors (Lipinski definition) is 3. The third-order valence-electron chi connectivity index (χ3n) is 4.38. The number of amides is 3. The maximum atomic E-state index is 12.2. The lowest BCUT2D eigenvalue weighted by Gasteiger charge is -2.05. The molecule has 0 radical (unpaired) electrons. The van der Waals surface area contributed by atoms with Gasteiger partial charge in [-0.15, -0.1) is 0 Å². The molecule has 154 valence electrons. The Morgan fingerprint density at radius 1 is 1.03 bits per heavy atom. The van der Waals surface area contributed by atoms with Crippen LogP contribution in [0.1, 0.15) is 22.4 Å². The molecule has 3 amide bonds. The Morgan fingerprint density at radius 3 is 2.23 bits per heavy atom. The number of halogens is 1. The van der Waals surface area contributed by atoms with E-state index in [0.29, 0.717) is 28.6 Å². The van der Waals surface area contributed by atoms with Crippen molar-refractivity contribution in [1.82, 2.24) is 9.78 Å². The van der Waals surface area contributed by atoms with Crippen LogP contribution in [0.25, 0.3) is 6.08 Å². The third kappa shape index (κ3) is 5.48. The molecule has 0 spiro atoms. The van der Waals surface area contributed by atoms with E-state index in [9.17, 15) is 9.59 Å². The first kappa shape index (κ1) is 21.1. The quantitative estimate of drug-likeness (QED) is 0.514. The number of carbonyl (C=O) groups excluding carboxylic acids is 2. The van der Waals surface area contributed by atoms with E-state index in [2.05, 4.69) is 15.7 Å². The van der Waals surface area contributed by atoms with Crippen LogP contribution in [0.2, 0.25) is 5.15 Å². The van der Waals surface area contributed by atoms with Crippen molar-refractivity contribution in [3.8, 4) is 0 Å². The number of nitrogens with two attached hydrogens (primary N) is 1. The van der Waals surface area contributed by atoms with Gasteiger partial charge in [-0.05, 0) is 49.8 Å². The molecule has 8 heteroatoms. The van der Waals surface area contributed by atoms with Gasteiger partial charge in [0.15, 0.2) is 0 Å². The van der Waals surface area contributed by atoms with Gasteiger partial charge in [0.05, 0.1) is 12.2 Å². The van der Waals surface area contributed by atoms with E-state index in [1.807, 2.05) is 38.1 Å². The van der Waals surface area contributed by atoms with E-state index in [-0.39, 0.29) is 5.91 Å². The number of primary amides is 1. The molecule has 3 rings (SSSR count). The average Bonchev–Trinajstić information content (AvgIpc) is 2.96. The van der Waals surface area contributed by atoms with Crippen LogP contribution in [-0.2, 0) is 11.3 Å². The van der Waals surface area contributed by atoms with Gasteiger partial charge in [0.1, 0.15) is 5.15 Å². The molecule has 3 aromatic rings. The fourth-order valence-electron chi connectivity index (χ4n) is 2.85. The van der Waals surface area contributed by atoms with Crippen molar-refractivity contribution in [3.63, 3.8) is 0 Å². The van der Waals surface area contributed by atoms with Gasteiger partial charge in [0, 0.05) is 23.0 Å². The molecule has 7 nitrogen and oxygen atoms in total. The summed E-state index contributed by atoms with van der Waals surface area (Å²) < 4.78 is 1.71. The van der Waals surface area contributed by atoms with Gasteiger partial charge >= 0.3 is 6.03 Å². The molecule has 30 heavy (non-hydrogen) atoms. The summed E-state index contributed by atoms with van der Waals surface area (Å²) in [6, 6.07) is 14.1. The van der Waals surface area contributed by atoms with Crippen LogP contribution < -0.4 is 16.4 Å². The second-order valence-corrected chi connectivity index (χ2v) is 7.18. The van der Waals surface area contributed by atoms with Gasteiger partial charge in [-0.1, -0.05) is 41.4 Å². The number of nitrogens with one attached hydrogen (secondary N) is 2. The number of aryl methyl sites for hydroxylation is 2. The number of anilines is 2. The van der Waals surface area contributed by atoms with Crippen LogP contribution in [0.4, 0.5) is 16.2 Å². The van der Waals surface area contributed by atoms with Crippen LogP contribution in [0, 0.1) is 13.8 Å². The van der Waals surface area contributed by atoms with E-state index in [1.54, 1.807) is 35.0 Å². The van der Waals surface area contributed by atoms with Crippen molar-refractivity contribution in [2.45, 2.75) is 20.4 Å². The number of carbonyl (C=O) groups is 2. The zero-order valence-corrected chi connectivity index (χ0v) is 17.4. The van der Waals surface area contributed by atoms with Gasteiger partial charge in [0.2, 0.25) is 5.91 Å². The summed E-state index contributed by atoms with van der Waals surface area (Å²) in [6.45, 7) is 4.43. The Bertz CT molecular complexity index is 1090. The fourth-order valence-corrected chi connectivity index (χ4v) is 3.15. The van der Waals surface area contributed by atoms with E-state index in [4.69, 9.17) is 17.3 Å². The summed E-state index contributed by atoms with van der Waals surface area (Å²) in [7, 11) is 0. The predicted molar refractivity (Wildman–Crippen MR) is 120 cm³/mol. The van der Waals surface area contributed by atoms with Crippen LogP contribution in [0.15, 0.2) is 54.6 Å². The fraction of sp³-hybridized carbons (Fsp3) is 0.136. The SMILES string of the molecule is Cc1ccc(Cn2nc(C)c(/C=C/C(=O)Nc3ccc(NC(N)=O)cc3)c2Cl)cc1. The van der Waals surface area contributed by atoms with E-state index >= 15 is 0 Å². The second kappa shape index (κ2) is 9.28. The zero-order chi connectivity index (χ0) is 21.7. The lowest BCUT2D eigenvalue weighted by Crippen LogP contribution is -2.19. The highest BCUT2D eigenvalue weighted by molar-refractivity contribution is 6.31. The normalized spacial score (nSPS) is 10.9. The molecule has 0 aliphatic rings. The average molecular weight is 424 g/mol.